The third-order valence-corrected chi connectivity index (χ3v) is 6.61. The highest BCUT2D eigenvalue weighted by atomic mass is 79.9. The number of benzene rings is 1. The molecule has 7 heteroatoms. The van der Waals surface area contributed by atoms with Gasteiger partial charge in [0.1, 0.15) is 17.2 Å². The lowest BCUT2D eigenvalue weighted by molar-refractivity contribution is -0.205. The smallest absolute Gasteiger partial charge is 0.332 e. The summed E-state index contributed by atoms with van der Waals surface area (Å²) < 4.78 is 66.4. The zero-order chi connectivity index (χ0) is 21.0. The predicted octanol–water partition coefficient (Wildman–Crippen LogP) is 7.25. The highest BCUT2D eigenvalue weighted by Gasteiger charge is 2.35. The zero-order valence-corrected chi connectivity index (χ0v) is 18.3. The normalized spacial score (nSPS) is 28.5. The first-order valence-electron chi connectivity index (χ1n) is 10.6. The van der Waals surface area contributed by atoms with Crippen LogP contribution in [0.1, 0.15) is 75.3 Å². The van der Waals surface area contributed by atoms with Crippen LogP contribution in [0.3, 0.4) is 0 Å². The van der Waals surface area contributed by atoms with Crippen LogP contribution in [0.15, 0.2) is 12.1 Å². The van der Waals surface area contributed by atoms with Crippen LogP contribution < -0.4 is 0 Å². The quantitative estimate of drug-likeness (QED) is 0.302. The molecule has 0 unspecified atom stereocenters. The molecule has 164 valence electrons. The van der Waals surface area contributed by atoms with Crippen LogP contribution in [0, 0.1) is 23.5 Å². The third kappa shape index (κ3) is 6.17. The number of halogens is 5. The summed E-state index contributed by atoms with van der Waals surface area (Å²) in [5.74, 6) is -1.35. The van der Waals surface area contributed by atoms with Crippen molar-refractivity contribution in [1.29, 1.82) is 0 Å². The molecule has 29 heavy (non-hydrogen) atoms. The molecule has 1 aromatic rings. The fourth-order valence-corrected chi connectivity index (χ4v) is 4.96. The first-order chi connectivity index (χ1) is 13.8. The van der Waals surface area contributed by atoms with Gasteiger partial charge >= 0.3 is 4.83 Å². The van der Waals surface area contributed by atoms with Gasteiger partial charge in [-0.3, -0.25) is 0 Å². The Labute approximate surface area is 178 Å². The predicted molar refractivity (Wildman–Crippen MR) is 107 cm³/mol. The van der Waals surface area contributed by atoms with E-state index in [0.717, 1.165) is 76.7 Å². The minimum absolute atomic E-state index is 0.00484. The Bertz CT molecular complexity index is 640. The van der Waals surface area contributed by atoms with E-state index in [1.54, 1.807) is 0 Å². The van der Waals surface area contributed by atoms with Crippen molar-refractivity contribution < 1.29 is 27.0 Å². The average Bonchev–Trinajstić information content (AvgIpc) is 2.66. The highest BCUT2D eigenvalue weighted by Crippen LogP contribution is 2.42. The van der Waals surface area contributed by atoms with Crippen LogP contribution in [-0.4, -0.2) is 19.5 Å². The maximum absolute atomic E-state index is 14.1. The van der Waals surface area contributed by atoms with E-state index in [0.29, 0.717) is 17.4 Å². The van der Waals surface area contributed by atoms with Gasteiger partial charge in [0.25, 0.3) is 0 Å². The molecule has 2 aliphatic rings. The number of rotatable bonds is 7. The fraction of sp³-hybridized carbons (Fsp3) is 0.727. The van der Waals surface area contributed by atoms with Crippen LogP contribution in [0.5, 0.6) is 0 Å². The molecule has 0 atom stereocenters. The molecule has 1 aliphatic carbocycles. The maximum atomic E-state index is 14.1. The van der Waals surface area contributed by atoms with Crippen LogP contribution in [0.4, 0.5) is 17.6 Å². The van der Waals surface area contributed by atoms with Crippen LogP contribution in [0.25, 0.3) is 0 Å². The maximum Gasteiger partial charge on any atom is 0.332 e. The van der Waals surface area contributed by atoms with Crippen molar-refractivity contribution in [3.8, 4) is 0 Å². The van der Waals surface area contributed by atoms with Crippen molar-refractivity contribution in [2.75, 3.05) is 13.2 Å². The Morgan fingerprint density at radius 3 is 2.03 bits per heavy atom. The van der Waals surface area contributed by atoms with Crippen molar-refractivity contribution in [2.24, 2.45) is 11.8 Å². The van der Waals surface area contributed by atoms with Gasteiger partial charge < -0.3 is 9.47 Å². The van der Waals surface area contributed by atoms with Gasteiger partial charge in [-0.2, -0.15) is 8.78 Å². The van der Waals surface area contributed by atoms with E-state index in [9.17, 15) is 17.6 Å². The largest absolute Gasteiger partial charge is 0.352 e. The molecule has 1 saturated heterocycles. The van der Waals surface area contributed by atoms with Crippen molar-refractivity contribution in [3.63, 3.8) is 0 Å². The first kappa shape index (κ1) is 23.0. The van der Waals surface area contributed by atoms with Crippen LogP contribution >= 0.6 is 15.9 Å². The molecule has 3 rings (SSSR count). The lowest BCUT2D eigenvalue weighted by atomic mass is 9.77. The Kier molecular flexibility index (Phi) is 8.01. The molecule has 2 nitrogen and oxygen atoms in total. The van der Waals surface area contributed by atoms with Gasteiger partial charge in [-0.25, -0.2) is 8.78 Å². The van der Waals surface area contributed by atoms with E-state index in [-0.39, 0.29) is 12.2 Å². The molecule has 0 bridgehead atoms. The molecular formula is C22H29BrF4O2. The molecule has 2 fully saturated rings. The van der Waals surface area contributed by atoms with E-state index < -0.39 is 22.0 Å². The van der Waals surface area contributed by atoms with Gasteiger partial charge in [0.05, 0.1) is 13.2 Å². The molecule has 0 N–H and O–H groups in total. The average molecular weight is 481 g/mol. The number of hydrogen-bond acceptors (Lipinski definition) is 2. The molecule has 1 aromatic carbocycles. The van der Waals surface area contributed by atoms with Crippen LogP contribution in [0.2, 0.25) is 0 Å². The van der Waals surface area contributed by atoms with E-state index in [1.165, 1.54) is 0 Å². The van der Waals surface area contributed by atoms with Crippen molar-refractivity contribution >= 4 is 15.9 Å². The van der Waals surface area contributed by atoms with Gasteiger partial charge in [-0.05, 0) is 90.4 Å². The lowest BCUT2D eigenvalue weighted by Gasteiger charge is -2.32. The van der Waals surface area contributed by atoms with Gasteiger partial charge in [0.2, 0.25) is 0 Å². The summed E-state index contributed by atoms with van der Waals surface area (Å²) in [5.41, 5.74) is -0.747. The molecule has 1 aliphatic heterocycles. The van der Waals surface area contributed by atoms with Crippen molar-refractivity contribution in [3.05, 3.63) is 34.9 Å². The van der Waals surface area contributed by atoms with Gasteiger partial charge in [-0.15, -0.1) is 0 Å². The summed E-state index contributed by atoms with van der Waals surface area (Å²) >= 11 is 2.04. The van der Waals surface area contributed by atoms with Crippen molar-refractivity contribution in [2.45, 2.75) is 75.3 Å². The van der Waals surface area contributed by atoms with E-state index >= 15 is 0 Å². The second-order valence-electron chi connectivity index (χ2n) is 8.40. The Hall–Kier alpha value is -0.660. The topological polar surface area (TPSA) is 18.5 Å². The summed E-state index contributed by atoms with van der Waals surface area (Å²) in [4.78, 5) is -3.71. The fourth-order valence-electron chi connectivity index (χ4n) is 4.58. The van der Waals surface area contributed by atoms with Crippen molar-refractivity contribution in [1.82, 2.24) is 0 Å². The van der Waals surface area contributed by atoms with Gasteiger partial charge in [0, 0.05) is 5.92 Å². The molecule has 0 aromatic heterocycles. The Morgan fingerprint density at radius 1 is 0.931 bits per heavy atom. The van der Waals surface area contributed by atoms with Gasteiger partial charge in [0.15, 0.2) is 6.29 Å². The second kappa shape index (κ2) is 10.1. The standard InChI is InChI=1S/C22H29BrF4O2/c1-2-3-15-12-28-20(29-13-15)9-6-14-4-7-16(8-5-14)17-10-18(24)21(19(25)11-17)22(23,26)27/h10-11,14-16,20H,2-9,12-13H2,1H3. The molecular weight excluding hydrogens is 452 g/mol. The van der Waals surface area contributed by atoms with E-state index in [2.05, 4.69) is 6.92 Å². The summed E-state index contributed by atoms with van der Waals surface area (Å²) in [7, 11) is 0. The molecule has 0 amide bonds. The molecule has 1 saturated carbocycles. The molecule has 1 heterocycles. The third-order valence-electron chi connectivity index (χ3n) is 6.21. The van der Waals surface area contributed by atoms with E-state index in [1.807, 2.05) is 15.9 Å². The number of hydrogen-bond donors (Lipinski definition) is 0. The van der Waals surface area contributed by atoms with Gasteiger partial charge in [-0.1, -0.05) is 13.3 Å². The zero-order valence-electron chi connectivity index (χ0n) is 16.7. The summed E-state index contributed by atoms with van der Waals surface area (Å²) in [6.45, 7) is 3.70. The Balaban J connectivity index is 1.46. The molecule has 0 radical (unpaired) electrons. The lowest BCUT2D eigenvalue weighted by Crippen LogP contribution is -2.32. The van der Waals surface area contributed by atoms with E-state index in [4.69, 9.17) is 9.47 Å². The summed E-state index contributed by atoms with van der Waals surface area (Å²) in [6, 6.07) is 2.13. The minimum atomic E-state index is -3.71. The molecule has 0 spiro atoms. The summed E-state index contributed by atoms with van der Waals surface area (Å²) in [6.07, 6.45) is 7.54. The van der Waals surface area contributed by atoms with Crippen LogP contribution in [-0.2, 0) is 14.3 Å². The summed E-state index contributed by atoms with van der Waals surface area (Å²) in [5, 5.41) is 0. The minimum Gasteiger partial charge on any atom is -0.352 e. The first-order valence-corrected chi connectivity index (χ1v) is 11.4. The second-order valence-corrected chi connectivity index (χ2v) is 9.40. The number of ether oxygens (including phenoxy) is 2. The number of alkyl halides is 3. The SMILES string of the molecule is CCCC1COC(CCC2CCC(c3cc(F)c(C(F)(F)Br)c(F)c3)CC2)OC1. The Morgan fingerprint density at radius 2 is 1.52 bits per heavy atom. The monoisotopic (exact) mass is 480 g/mol. The highest BCUT2D eigenvalue weighted by molar-refractivity contribution is 9.09.